The smallest absolute Gasteiger partial charge is 0.0595 e. The van der Waals surface area contributed by atoms with Gasteiger partial charge in [0.2, 0.25) is 0 Å². The fraction of sp³-hybridized carbons (Fsp3) is 0.353. The zero-order chi connectivity index (χ0) is 13.5. The summed E-state index contributed by atoms with van der Waals surface area (Å²) in [6, 6.07) is 14.4. The Labute approximate surface area is 115 Å². The van der Waals surface area contributed by atoms with Crippen molar-refractivity contribution in [1.82, 2.24) is 4.98 Å². The zero-order valence-electron chi connectivity index (χ0n) is 11.4. The molecule has 19 heavy (non-hydrogen) atoms. The normalized spacial score (nSPS) is 12.3. The molecule has 100 valence electrons. The molecule has 2 aromatic rings. The van der Waals surface area contributed by atoms with Crippen LogP contribution in [0.2, 0.25) is 0 Å². The van der Waals surface area contributed by atoms with Gasteiger partial charge in [0.05, 0.1) is 6.10 Å². The van der Waals surface area contributed by atoms with Crippen molar-refractivity contribution in [1.29, 1.82) is 0 Å². The maximum atomic E-state index is 10.1. The second kappa shape index (κ2) is 7.05. The largest absolute Gasteiger partial charge is 0.393 e. The first kappa shape index (κ1) is 13.8. The lowest BCUT2D eigenvalue weighted by molar-refractivity contribution is 0.161. The number of hydrogen-bond donors (Lipinski definition) is 1. The first-order valence-electron chi connectivity index (χ1n) is 6.88. The fourth-order valence-corrected chi connectivity index (χ4v) is 2.24. The van der Waals surface area contributed by atoms with E-state index in [1.54, 1.807) is 6.20 Å². The fourth-order valence-electron chi connectivity index (χ4n) is 2.24. The first-order valence-corrected chi connectivity index (χ1v) is 6.88. The van der Waals surface area contributed by atoms with Crippen LogP contribution in [0.1, 0.15) is 29.7 Å². The summed E-state index contributed by atoms with van der Waals surface area (Å²) in [6.07, 6.45) is 5.01. The molecule has 0 bridgehead atoms. The maximum absolute atomic E-state index is 10.1. The highest BCUT2D eigenvalue weighted by Crippen LogP contribution is 2.11. The Morgan fingerprint density at radius 2 is 1.89 bits per heavy atom. The summed E-state index contributed by atoms with van der Waals surface area (Å²) in [4.78, 5) is 4.32. The van der Waals surface area contributed by atoms with Gasteiger partial charge in [0.1, 0.15) is 0 Å². The number of nitrogens with zero attached hydrogens (tertiary/aromatic N) is 1. The monoisotopic (exact) mass is 255 g/mol. The van der Waals surface area contributed by atoms with E-state index in [9.17, 15) is 5.11 Å². The van der Waals surface area contributed by atoms with Gasteiger partial charge in [-0.3, -0.25) is 4.98 Å². The van der Waals surface area contributed by atoms with Crippen molar-refractivity contribution in [2.24, 2.45) is 0 Å². The van der Waals surface area contributed by atoms with Crippen LogP contribution >= 0.6 is 0 Å². The van der Waals surface area contributed by atoms with Gasteiger partial charge in [-0.05, 0) is 43.4 Å². The van der Waals surface area contributed by atoms with Gasteiger partial charge in [-0.2, -0.15) is 0 Å². The standard InChI is InChI=1S/C17H21NO/c1-14-7-6-12-18-17(14)13-16(19)11-5-10-15-8-3-2-4-9-15/h2-4,6-9,12,16,19H,5,10-11,13H2,1H3. The molecule has 0 radical (unpaired) electrons. The van der Waals surface area contributed by atoms with E-state index in [1.165, 1.54) is 5.56 Å². The Morgan fingerprint density at radius 1 is 1.11 bits per heavy atom. The molecule has 2 nitrogen and oxygen atoms in total. The minimum Gasteiger partial charge on any atom is -0.393 e. The lowest BCUT2D eigenvalue weighted by Crippen LogP contribution is -2.12. The van der Waals surface area contributed by atoms with Gasteiger partial charge in [0.15, 0.2) is 0 Å². The maximum Gasteiger partial charge on any atom is 0.0595 e. The summed E-state index contributed by atoms with van der Waals surface area (Å²) in [6.45, 7) is 2.04. The molecule has 0 amide bonds. The number of aryl methyl sites for hydroxylation is 2. The second-order valence-electron chi connectivity index (χ2n) is 5.00. The van der Waals surface area contributed by atoms with Gasteiger partial charge in [0, 0.05) is 18.3 Å². The Morgan fingerprint density at radius 3 is 2.63 bits per heavy atom. The molecule has 1 heterocycles. The Hall–Kier alpha value is -1.67. The quantitative estimate of drug-likeness (QED) is 0.859. The van der Waals surface area contributed by atoms with Crippen molar-refractivity contribution in [3.05, 3.63) is 65.5 Å². The average molecular weight is 255 g/mol. The SMILES string of the molecule is Cc1cccnc1CC(O)CCCc1ccccc1. The molecule has 0 saturated carbocycles. The van der Waals surface area contributed by atoms with Gasteiger partial charge in [0.25, 0.3) is 0 Å². The molecule has 1 unspecified atom stereocenters. The van der Waals surface area contributed by atoms with Crippen molar-refractivity contribution < 1.29 is 5.11 Å². The Kier molecular flexibility index (Phi) is 5.10. The lowest BCUT2D eigenvalue weighted by Gasteiger charge is -2.11. The van der Waals surface area contributed by atoms with E-state index in [4.69, 9.17) is 0 Å². The highest BCUT2D eigenvalue weighted by atomic mass is 16.3. The number of pyridine rings is 1. The molecule has 2 heteroatoms. The Bertz CT molecular complexity index is 496. The van der Waals surface area contributed by atoms with Gasteiger partial charge in [-0.1, -0.05) is 36.4 Å². The molecule has 1 aromatic heterocycles. The average Bonchev–Trinajstić information content (AvgIpc) is 2.43. The highest BCUT2D eigenvalue weighted by Gasteiger charge is 2.08. The van der Waals surface area contributed by atoms with E-state index in [-0.39, 0.29) is 6.10 Å². The third-order valence-electron chi connectivity index (χ3n) is 3.39. The minimum absolute atomic E-state index is 0.294. The molecule has 1 atom stereocenters. The molecule has 2 rings (SSSR count). The third-order valence-corrected chi connectivity index (χ3v) is 3.39. The summed E-state index contributed by atoms with van der Waals surface area (Å²) in [7, 11) is 0. The van der Waals surface area contributed by atoms with Gasteiger partial charge in [-0.15, -0.1) is 0 Å². The van der Waals surface area contributed by atoms with Crippen LogP contribution in [0, 0.1) is 6.92 Å². The van der Waals surface area contributed by atoms with Crippen LogP contribution in [0.3, 0.4) is 0 Å². The lowest BCUT2D eigenvalue weighted by atomic mass is 10.0. The minimum atomic E-state index is -0.294. The van der Waals surface area contributed by atoms with E-state index in [2.05, 4.69) is 29.2 Å². The van der Waals surface area contributed by atoms with E-state index in [1.807, 2.05) is 25.1 Å². The third kappa shape index (κ3) is 4.49. The summed E-state index contributed by atoms with van der Waals surface area (Å²) < 4.78 is 0. The number of aromatic nitrogens is 1. The summed E-state index contributed by atoms with van der Waals surface area (Å²) >= 11 is 0. The van der Waals surface area contributed by atoms with E-state index < -0.39 is 0 Å². The molecule has 0 aliphatic rings. The van der Waals surface area contributed by atoms with Crippen LogP contribution in [0.5, 0.6) is 0 Å². The van der Waals surface area contributed by atoms with Crippen molar-refractivity contribution in [3.8, 4) is 0 Å². The molecule has 0 aliphatic carbocycles. The van der Waals surface area contributed by atoms with Crippen LogP contribution in [-0.4, -0.2) is 16.2 Å². The predicted octanol–water partition coefficient (Wildman–Crippen LogP) is 3.32. The van der Waals surface area contributed by atoms with E-state index in [0.29, 0.717) is 6.42 Å². The van der Waals surface area contributed by atoms with Crippen molar-refractivity contribution in [2.75, 3.05) is 0 Å². The number of hydrogen-bond acceptors (Lipinski definition) is 2. The molecular weight excluding hydrogens is 234 g/mol. The molecule has 0 saturated heterocycles. The highest BCUT2D eigenvalue weighted by molar-refractivity contribution is 5.18. The molecule has 1 aromatic carbocycles. The number of aliphatic hydroxyl groups excluding tert-OH is 1. The van der Waals surface area contributed by atoms with Crippen LogP contribution in [-0.2, 0) is 12.8 Å². The van der Waals surface area contributed by atoms with Gasteiger partial charge in [-0.25, -0.2) is 0 Å². The van der Waals surface area contributed by atoms with E-state index in [0.717, 1.165) is 30.5 Å². The molecular formula is C17H21NO. The first-order chi connectivity index (χ1) is 9.25. The summed E-state index contributed by atoms with van der Waals surface area (Å²) in [5.41, 5.74) is 3.50. The summed E-state index contributed by atoms with van der Waals surface area (Å²) in [5.74, 6) is 0. The molecule has 0 fully saturated rings. The summed E-state index contributed by atoms with van der Waals surface area (Å²) in [5, 5.41) is 10.1. The second-order valence-corrected chi connectivity index (χ2v) is 5.00. The van der Waals surface area contributed by atoms with Crippen LogP contribution in [0.4, 0.5) is 0 Å². The van der Waals surface area contributed by atoms with Crippen molar-refractivity contribution in [3.63, 3.8) is 0 Å². The predicted molar refractivity (Wildman–Crippen MR) is 78.1 cm³/mol. The Balaban J connectivity index is 1.76. The van der Waals surface area contributed by atoms with Gasteiger partial charge < -0.3 is 5.11 Å². The van der Waals surface area contributed by atoms with Crippen LogP contribution in [0.25, 0.3) is 0 Å². The molecule has 1 N–H and O–H groups in total. The van der Waals surface area contributed by atoms with Gasteiger partial charge >= 0.3 is 0 Å². The number of rotatable bonds is 6. The topological polar surface area (TPSA) is 33.1 Å². The van der Waals surface area contributed by atoms with Crippen molar-refractivity contribution >= 4 is 0 Å². The molecule has 0 spiro atoms. The zero-order valence-corrected chi connectivity index (χ0v) is 11.4. The molecule has 0 aliphatic heterocycles. The van der Waals surface area contributed by atoms with E-state index >= 15 is 0 Å². The van der Waals surface area contributed by atoms with Crippen LogP contribution in [0.15, 0.2) is 48.7 Å². The number of aliphatic hydroxyl groups is 1. The van der Waals surface area contributed by atoms with Crippen molar-refractivity contribution in [2.45, 2.75) is 38.7 Å². The number of benzene rings is 1. The van der Waals surface area contributed by atoms with Crippen LogP contribution < -0.4 is 0 Å².